The average Bonchev–Trinajstić information content (AvgIpc) is 3.11. The number of para-hydroxylation sites is 1. The number of aliphatic hydroxyl groups excluding tert-OH is 1. The van der Waals surface area contributed by atoms with Gasteiger partial charge in [0.05, 0.1) is 24.8 Å². The lowest BCUT2D eigenvalue weighted by atomic mass is 9.94. The van der Waals surface area contributed by atoms with Crippen molar-refractivity contribution in [3.05, 3.63) is 93.5 Å². The van der Waals surface area contributed by atoms with Crippen LogP contribution in [-0.2, 0) is 9.59 Å². The molecule has 0 aliphatic carbocycles. The van der Waals surface area contributed by atoms with E-state index in [1.807, 2.05) is 27.7 Å². The van der Waals surface area contributed by atoms with Crippen LogP contribution in [0.3, 0.4) is 0 Å². The van der Waals surface area contributed by atoms with Crippen LogP contribution in [0.5, 0.6) is 11.5 Å². The van der Waals surface area contributed by atoms with Crippen LogP contribution in [0.2, 0.25) is 5.02 Å². The van der Waals surface area contributed by atoms with E-state index in [0.29, 0.717) is 33.3 Å². The second-order valence-corrected chi connectivity index (χ2v) is 9.40. The van der Waals surface area contributed by atoms with Gasteiger partial charge in [-0.3, -0.25) is 14.5 Å². The molecule has 1 atom stereocenters. The van der Waals surface area contributed by atoms with Gasteiger partial charge in [-0.25, -0.2) is 0 Å². The Kier molecular flexibility index (Phi) is 7.09. The number of rotatable bonds is 6. The molecular formula is C29H28ClNO5. The second kappa shape index (κ2) is 10.1. The maximum atomic E-state index is 13.4. The predicted molar refractivity (Wildman–Crippen MR) is 141 cm³/mol. The summed E-state index contributed by atoms with van der Waals surface area (Å²) in [5, 5.41) is 11.9. The number of Topliss-reactive ketones (excluding diaryl/α,β-unsaturated/α-hetero) is 1. The minimum absolute atomic E-state index is 0.0136. The van der Waals surface area contributed by atoms with Crippen molar-refractivity contribution in [1.29, 1.82) is 0 Å². The van der Waals surface area contributed by atoms with Crippen LogP contribution in [0.1, 0.15) is 42.1 Å². The smallest absolute Gasteiger partial charge is 0.300 e. The molecule has 0 radical (unpaired) electrons. The molecule has 7 heteroatoms. The van der Waals surface area contributed by atoms with E-state index in [-0.39, 0.29) is 17.4 Å². The Bertz CT molecular complexity index is 1380. The minimum atomic E-state index is -0.924. The molecule has 6 nitrogen and oxygen atoms in total. The van der Waals surface area contributed by atoms with Crippen LogP contribution < -0.4 is 14.4 Å². The van der Waals surface area contributed by atoms with Crippen LogP contribution in [0.4, 0.5) is 5.69 Å². The molecule has 186 valence electrons. The van der Waals surface area contributed by atoms with Gasteiger partial charge in [-0.2, -0.15) is 0 Å². The molecule has 1 N–H and O–H groups in total. The number of methoxy groups -OCH3 is 1. The van der Waals surface area contributed by atoms with E-state index in [1.54, 1.807) is 60.7 Å². The molecule has 3 aromatic carbocycles. The number of hydrogen-bond acceptors (Lipinski definition) is 5. The molecule has 1 saturated heterocycles. The zero-order valence-electron chi connectivity index (χ0n) is 20.8. The van der Waals surface area contributed by atoms with Crippen molar-refractivity contribution in [2.75, 3.05) is 12.0 Å². The highest BCUT2D eigenvalue weighted by atomic mass is 35.5. The molecule has 36 heavy (non-hydrogen) atoms. The van der Waals surface area contributed by atoms with Crippen molar-refractivity contribution in [1.82, 2.24) is 0 Å². The molecule has 1 heterocycles. The summed E-state index contributed by atoms with van der Waals surface area (Å²) in [5.74, 6) is -0.666. The van der Waals surface area contributed by atoms with E-state index in [9.17, 15) is 14.7 Å². The van der Waals surface area contributed by atoms with Gasteiger partial charge in [0.15, 0.2) is 0 Å². The number of carbonyl (C=O) groups is 2. The largest absolute Gasteiger partial charge is 0.507 e. The first-order valence-electron chi connectivity index (χ1n) is 11.6. The highest BCUT2D eigenvalue weighted by molar-refractivity contribution is 6.52. The lowest BCUT2D eigenvalue weighted by molar-refractivity contribution is -0.132. The van der Waals surface area contributed by atoms with Gasteiger partial charge in [0.25, 0.3) is 11.7 Å². The summed E-state index contributed by atoms with van der Waals surface area (Å²) < 4.78 is 11.4. The highest BCUT2D eigenvalue weighted by Crippen LogP contribution is 2.45. The van der Waals surface area contributed by atoms with Crippen molar-refractivity contribution in [3.8, 4) is 11.5 Å². The number of benzene rings is 3. The van der Waals surface area contributed by atoms with Gasteiger partial charge in [0.1, 0.15) is 17.3 Å². The Morgan fingerprint density at radius 2 is 1.69 bits per heavy atom. The lowest BCUT2D eigenvalue weighted by Gasteiger charge is -2.27. The number of carbonyl (C=O) groups excluding carboxylic acids is 2. The fraction of sp³-hybridized carbons (Fsp3) is 0.241. The first kappa shape index (κ1) is 25.3. The number of amides is 1. The Labute approximate surface area is 215 Å². The first-order valence-corrected chi connectivity index (χ1v) is 12.0. The quantitative estimate of drug-likeness (QED) is 0.239. The number of nitrogens with zero attached hydrogens (tertiary/aromatic N) is 1. The van der Waals surface area contributed by atoms with Gasteiger partial charge < -0.3 is 14.6 Å². The molecule has 0 bridgehead atoms. The number of hydrogen-bond donors (Lipinski definition) is 1. The number of aryl methyl sites for hydroxylation is 2. The summed E-state index contributed by atoms with van der Waals surface area (Å²) in [5.41, 5.74) is 3.01. The van der Waals surface area contributed by atoms with E-state index in [1.165, 1.54) is 12.0 Å². The highest BCUT2D eigenvalue weighted by Gasteiger charge is 2.48. The number of ketones is 1. The minimum Gasteiger partial charge on any atom is -0.507 e. The van der Waals surface area contributed by atoms with Crippen molar-refractivity contribution in [3.63, 3.8) is 0 Å². The van der Waals surface area contributed by atoms with Gasteiger partial charge in [-0.1, -0.05) is 35.9 Å². The van der Waals surface area contributed by atoms with Crippen LogP contribution in [0.25, 0.3) is 5.76 Å². The molecule has 0 spiro atoms. The van der Waals surface area contributed by atoms with Gasteiger partial charge in [0.2, 0.25) is 0 Å². The van der Waals surface area contributed by atoms with Gasteiger partial charge in [0, 0.05) is 21.8 Å². The molecule has 4 rings (SSSR count). The van der Waals surface area contributed by atoms with E-state index >= 15 is 0 Å². The fourth-order valence-corrected chi connectivity index (χ4v) is 4.53. The average molecular weight is 506 g/mol. The van der Waals surface area contributed by atoms with E-state index in [0.717, 1.165) is 11.1 Å². The molecule has 1 amide bonds. The van der Waals surface area contributed by atoms with Gasteiger partial charge in [-0.15, -0.1) is 0 Å². The normalized spacial score (nSPS) is 17.1. The summed E-state index contributed by atoms with van der Waals surface area (Å²) >= 11 is 6.37. The van der Waals surface area contributed by atoms with E-state index in [2.05, 4.69) is 0 Å². The van der Waals surface area contributed by atoms with Crippen molar-refractivity contribution >= 4 is 34.7 Å². The maximum Gasteiger partial charge on any atom is 0.300 e. The summed E-state index contributed by atoms with van der Waals surface area (Å²) in [6.45, 7) is 7.57. The third-order valence-electron chi connectivity index (χ3n) is 6.12. The molecule has 1 unspecified atom stereocenters. The molecule has 1 aliphatic heterocycles. The van der Waals surface area contributed by atoms with Crippen molar-refractivity contribution < 1.29 is 24.2 Å². The van der Waals surface area contributed by atoms with Crippen LogP contribution in [0, 0.1) is 13.8 Å². The Hall–Kier alpha value is -3.77. The fourth-order valence-electron chi connectivity index (χ4n) is 4.36. The SMILES string of the molecule is COc1ccccc1C1/C(=C(\O)c2ccc(OC(C)C)c(C)c2)C(=O)C(=O)N1c1ccc(C)c(Cl)c1. The standard InChI is InChI=1S/C29H28ClNO5/c1-16(2)36-23-13-11-19(14-18(23)4)27(32)25-26(21-8-6-7-9-24(21)35-5)31(29(34)28(25)33)20-12-10-17(3)22(30)15-20/h6-16,26,32H,1-5H3/b27-25+. The maximum absolute atomic E-state index is 13.4. The molecule has 0 aromatic heterocycles. The monoisotopic (exact) mass is 505 g/mol. The summed E-state index contributed by atoms with van der Waals surface area (Å²) in [7, 11) is 1.52. The Balaban J connectivity index is 1.94. The molecule has 1 aliphatic rings. The zero-order valence-corrected chi connectivity index (χ0v) is 21.6. The van der Waals surface area contributed by atoms with E-state index < -0.39 is 17.7 Å². The first-order chi connectivity index (χ1) is 17.1. The molecule has 3 aromatic rings. The van der Waals surface area contributed by atoms with Gasteiger partial charge in [-0.05, 0) is 75.2 Å². The van der Waals surface area contributed by atoms with Gasteiger partial charge >= 0.3 is 0 Å². The number of ether oxygens (including phenoxy) is 2. The summed E-state index contributed by atoms with van der Waals surface area (Å²) in [4.78, 5) is 28.2. The molecule has 0 saturated carbocycles. The Morgan fingerprint density at radius 1 is 0.972 bits per heavy atom. The molecular weight excluding hydrogens is 478 g/mol. The summed E-state index contributed by atoms with van der Waals surface area (Å²) in [6.07, 6.45) is -0.0136. The van der Waals surface area contributed by atoms with Crippen LogP contribution in [0.15, 0.2) is 66.2 Å². The van der Waals surface area contributed by atoms with Crippen molar-refractivity contribution in [2.45, 2.75) is 39.8 Å². The predicted octanol–water partition coefficient (Wildman–Crippen LogP) is 6.38. The van der Waals surface area contributed by atoms with E-state index in [4.69, 9.17) is 21.1 Å². The van der Waals surface area contributed by atoms with Crippen LogP contribution >= 0.6 is 11.6 Å². The zero-order chi connectivity index (χ0) is 26.1. The topological polar surface area (TPSA) is 76.1 Å². The lowest BCUT2D eigenvalue weighted by Crippen LogP contribution is -2.29. The third-order valence-corrected chi connectivity index (χ3v) is 6.53. The number of anilines is 1. The number of halogens is 1. The van der Waals surface area contributed by atoms with Crippen molar-refractivity contribution in [2.24, 2.45) is 0 Å². The van der Waals surface area contributed by atoms with Crippen LogP contribution in [-0.4, -0.2) is 30.0 Å². The second-order valence-electron chi connectivity index (χ2n) is 8.99. The summed E-state index contributed by atoms with van der Waals surface area (Å²) in [6, 6.07) is 16.5. The number of aliphatic hydroxyl groups is 1. The molecule has 1 fully saturated rings. The third kappa shape index (κ3) is 4.56. The Morgan fingerprint density at radius 3 is 2.33 bits per heavy atom.